The van der Waals surface area contributed by atoms with Crippen LogP contribution in [0.3, 0.4) is 0 Å². The minimum absolute atomic E-state index is 0.178. The molecular weight excluding hydrogens is 152 g/mol. The van der Waals surface area contributed by atoms with Crippen LogP contribution in [0.4, 0.5) is 5.69 Å². The first kappa shape index (κ1) is 7.03. The second kappa shape index (κ2) is 2.17. The van der Waals surface area contributed by atoms with E-state index in [1.807, 2.05) is 19.1 Å². The highest BCUT2D eigenvalue weighted by molar-refractivity contribution is 5.97. The molecule has 0 aliphatic carbocycles. The molecule has 0 unspecified atom stereocenters. The van der Waals surface area contributed by atoms with E-state index < -0.39 is 0 Å². The van der Waals surface area contributed by atoms with Crippen LogP contribution in [0.2, 0.25) is 0 Å². The summed E-state index contributed by atoms with van der Waals surface area (Å²) in [7, 11) is 0. The molecular formula is C9H10N2O. The van der Waals surface area contributed by atoms with E-state index in [0.29, 0.717) is 0 Å². The van der Waals surface area contributed by atoms with Gasteiger partial charge < -0.3 is 15.8 Å². The lowest BCUT2D eigenvalue weighted by Gasteiger charge is -1.99. The molecule has 1 aromatic heterocycles. The molecule has 2 aromatic rings. The van der Waals surface area contributed by atoms with Gasteiger partial charge in [-0.15, -0.1) is 0 Å². The maximum atomic E-state index is 9.32. The van der Waals surface area contributed by atoms with Gasteiger partial charge in [0.05, 0.1) is 0 Å². The van der Waals surface area contributed by atoms with Gasteiger partial charge in [-0.25, -0.2) is 0 Å². The van der Waals surface area contributed by atoms with Crippen LogP contribution >= 0.6 is 0 Å². The van der Waals surface area contributed by atoms with E-state index in [1.54, 1.807) is 6.20 Å². The lowest BCUT2D eigenvalue weighted by molar-refractivity contribution is 0.462. The monoisotopic (exact) mass is 162 g/mol. The molecule has 0 aliphatic heterocycles. The van der Waals surface area contributed by atoms with E-state index >= 15 is 0 Å². The van der Waals surface area contributed by atoms with Crippen LogP contribution < -0.4 is 5.73 Å². The van der Waals surface area contributed by atoms with Gasteiger partial charge in [0.25, 0.3) is 0 Å². The van der Waals surface area contributed by atoms with E-state index in [-0.39, 0.29) is 5.88 Å². The van der Waals surface area contributed by atoms with Crippen molar-refractivity contribution in [1.29, 1.82) is 0 Å². The van der Waals surface area contributed by atoms with Crippen LogP contribution in [-0.4, -0.2) is 10.1 Å². The molecule has 0 saturated heterocycles. The zero-order chi connectivity index (χ0) is 8.72. The largest absolute Gasteiger partial charge is 0.494 e. The number of aromatic amines is 1. The van der Waals surface area contributed by atoms with Gasteiger partial charge in [0, 0.05) is 22.7 Å². The van der Waals surface area contributed by atoms with Crippen molar-refractivity contribution >= 4 is 16.5 Å². The van der Waals surface area contributed by atoms with Crippen molar-refractivity contribution in [2.75, 3.05) is 5.73 Å². The second-order valence-electron chi connectivity index (χ2n) is 2.89. The van der Waals surface area contributed by atoms with Crippen molar-refractivity contribution in [2.24, 2.45) is 0 Å². The SMILES string of the molecule is Cc1ccc2c(O)[nH]cc2c1N. The zero-order valence-electron chi connectivity index (χ0n) is 6.76. The number of hydrogen-bond acceptors (Lipinski definition) is 2. The summed E-state index contributed by atoms with van der Waals surface area (Å²) in [6.07, 6.45) is 1.72. The Bertz CT molecular complexity index is 431. The molecule has 62 valence electrons. The second-order valence-corrected chi connectivity index (χ2v) is 2.89. The Morgan fingerprint density at radius 2 is 2.08 bits per heavy atom. The molecule has 0 atom stereocenters. The standard InChI is InChI=1S/C9H10N2O/c1-5-2-3-6-7(8(5)10)4-11-9(6)12/h2-4,11-12H,10H2,1H3. The van der Waals surface area contributed by atoms with Gasteiger partial charge >= 0.3 is 0 Å². The normalized spacial score (nSPS) is 10.8. The van der Waals surface area contributed by atoms with E-state index in [9.17, 15) is 5.11 Å². The minimum atomic E-state index is 0.178. The number of aryl methyl sites for hydroxylation is 1. The van der Waals surface area contributed by atoms with Crippen molar-refractivity contribution < 1.29 is 5.11 Å². The zero-order valence-corrected chi connectivity index (χ0v) is 6.76. The number of benzene rings is 1. The van der Waals surface area contributed by atoms with Gasteiger partial charge in [-0.05, 0) is 18.6 Å². The molecule has 0 spiro atoms. The minimum Gasteiger partial charge on any atom is -0.494 e. The predicted molar refractivity (Wildman–Crippen MR) is 49.1 cm³/mol. The summed E-state index contributed by atoms with van der Waals surface area (Å²) in [5.41, 5.74) is 7.56. The third kappa shape index (κ3) is 0.763. The fourth-order valence-corrected chi connectivity index (χ4v) is 1.33. The van der Waals surface area contributed by atoms with Gasteiger partial charge in [-0.3, -0.25) is 0 Å². The fourth-order valence-electron chi connectivity index (χ4n) is 1.33. The molecule has 0 aliphatic rings. The number of nitrogens with two attached hydrogens (primary N) is 1. The number of H-pyrrole nitrogens is 1. The van der Waals surface area contributed by atoms with Crippen LogP contribution in [0.5, 0.6) is 5.88 Å². The highest BCUT2D eigenvalue weighted by Gasteiger charge is 2.05. The van der Waals surface area contributed by atoms with Crippen molar-refractivity contribution in [1.82, 2.24) is 4.98 Å². The molecule has 0 bridgehead atoms. The average Bonchev–Trinajstić information content (AvgIpc) is 2.41. The number of anilines is 1. The molecule has 1 heterocycles. The lowest BCUT2D eigenvalue weighted by atomic mass is 10.1. The number of nitrogens with one attached hydrogen (secondary N) is 1. The predicted octanol–water partition coefficient (Wildman–Crippen LogP) is 1.76. The molecule has 0 saturated carbocycles. The van der Waals surface area contributed by atoms with Crippen molar-refractivity contribution in [3.05, 3.63) is 23.9 Å². The number of nitrogen functional groups attached to an aromatic ring is 1. The summed E-state index contributed by atoms with van der Waals surface area (Å²) < 4.78 is 0. The molecule has 2 rings (SSSR count). The number of hydrogen-bond donors (Lipinski definition) is 3. The van der Waals surface area contributed by atoms with Gasteiger partial charge in [-0.1, -0.05) is 6.07 Å². The Kier molecular flexibility index (Phi) is 1.27. The number of fused-ring (bicyclic) bond motifs is 1. The number of rotatable bonds is 0. The maximum absolute atomic E-state index is 9.32. The summed E-state index contributed by atoms with van der Waals surface area (Å²) in [5.74, 6) is 0.178. The smallest absolute Gasteiger partial charge is 0.196 e. The van der Waals surface area contributed by atoms with Crippen LogP contribution in [0.25, 0.3) is 10.8 Å². The molecule has 0 fully saturated rings. The molecule has 12 heavy (non-hydrogen) atoms. The Morgan fingerprint density at radius 3 is 2.83 bits per heavy atom. The van der Waals surface area contributed by atoms with E-state index in [1.165, 1.54) is 0 Å². The quantitative estimate of drug-likeness (QED) is 0.517. The molecule has 1 aromatic carbocycles. The van der Waals surface area contributed by atoms with Crippen molar-refractivity contribution in [3.8, 4) is 5.88 Å². The van der Waals surface area contributed by atoms with Gasteiger partial charge in [0.2, 0.25) is 0 Å². The van der Waals surface area contributed by atoms with E-state index in [0.717, 1.165) is 22.0 Å². The first-order valence-corrected chi connectivity index (χ1v) is 3.75. The summed E-state index contributed by atoms with van der Waals surface area (Å²) in [5, 5.41) is 11.0. The van der Waals surface area contributed by atoms with Gasteiger partial charge in [0.1, 0.15) is 0 Å². The van der Waals surface area contributed by atoms with Crippen molar-refractivity contribution in [3.63, 3.8) is 0 Å². The van der Waals surface area contributed by atoms with Gasteiger partial charge in [-0.2, -0.15) is 0 Å². The number of aromatic hydroxyl groups is 1. The summed E-state index contributed by atoms with van der Waals surface area (Å²) in [4.78, 5) is 2.72. The lowest BCUT2D eigenvalue weighted by Crippen LogP contribution is -1.88. The third-order valence-electron chi connectivity index (χ3n) is 2.11. The Labute approximate surface area is 69.8 Å². The highest BCUT2D eigenvalue weighted by Crippen LogP contribution is 2.29. The van der Waals surface area contributed by atoms with Crippen LogP contribution in [0.15, 0.2) is 18.3 Å². The van der Waals surface area contributed by atoms with Crippen LogP contribution in [0, 0.1) is 6.92 Å². The first-order valence-electron chi connectivity index (χ1n) is 3.75. The Hall–Kier alpha value is -1.64. The molecule has 3 nitrogen and oxygen atoms in total. The van der Waals surface area contributed by atoms with Crippen molar-refractivity contribution in [2.45, 2.75) is 6.92 Å². The maximum Gasteiger partial charge on any atom is 0.196 e. The number of aromatic nitrogens is 1. The summed E-state index contributed by atoms with van der Waals surface area (Å²) >= 11 is 0. The molecule has 0 radical (unpaired) electrons. The van der Waals surface area contributed by atoms with Gasteiger partial charge in [0.15, 0.2) is 5.88 Å². The Morgan fingerprint density at radius 1 is 1.33 bits per heavy atom. The molecule has 3 heteroatoms. The Balaban J connectivity index is 2.93. The molecule has 4 N–H and O–H groups in total. The first-order chi connectivity index (χ1) is 5.70. The fraction of sp³-hybridized carbons (Fsp3) is 0.111. The van der Waals surface area contributed by atoms with E-state index in [2.05, 4.69) is 4.98 Å². The topological polar surface area (TPSA) is 62.0 Å². The highest BCUT2D eigenvalue weighted by atomic mass is 16.3. The average molecular weight is 162 g/mol. The summed E-state index contributed by atoms with van der Waals surface area (Å²) in [6.45, 7) is 1.94. The summed E-state index contributed by atoms with van der Waals surface area (Å²) in [6, 6.07) is 3.75. The third-order valence-corrected chi connectivity index (χ3v) is 2.11. The van der Waals surface area contributed by atoms with Crippen LogP contribution in [-0.2, 0) is 0 Å². The van der Waals surface area contributed by atoms with Crippen LogP contribution in [0.1, 0.15) is 5.56 Å². The van der Waals surface area contributed by atoms with E-state index in [4.69, 9.17) is 5.73 Å². The molecule has 0 amide bonds.